The molecule has 0 aliphatic heterocycles. The zero-order valence-electron chi connectivity index (χ0n) is 13.3. The molecule has 1 aromatic rings. The summed E-state index contributed by atoms with van der Waals surface area (Å²) >= 11 is 0. The van der Waals surface area contributed by atoms with Gasteiger partial charge in [0.1, 0.15) is 0 Å². The van der Waals surface area contributed by atoms with E-state index in [9.17, 15) is 0 Å². The van der Waals surface area contributed by atoms with Gasteiger partial charge in [0, 0.05) is 19.1 Å². The molecule has 2 heteroatoms. The minimum Gasteiger partial charge on any atom is -0.329 e. The average molecular weight is 274 g/mol. The molecule has 20 heavy (non-hydrogen) atoms. The van der Waals surface area contributed by atoms with Crippen LogP contribution < -0.4 is 5.73 Å². The molecule has 3 atom stereocenters. The van der Waals surface area contributed by atoms with E-state index in [0.717, 1.165) is 24.9 Å². The summed E-state index contributed by atoms with van der Waals surface area (Å²) in [6, 6.07) is 9.35. The molecular weight excluding hydrogens is 244 g/mol. The molecule has 1 saturated carbocycles. The van der Waals surface area contributed by atoms with E-state index in [2.05, 4.69) is 50.1 Å². The average Bonchev–Trinajstić information content (AvgIpc) is 2.39. The summed E-state index contributed by atoms with van der Waals surface area (Å²) in [6.07, 6.45) is 5.47. The predicted molar refractivity (Wildman–Crippen MR) is 86.6 cm³/mol. The fraction of sp³-hybridized carbons (Fsp3) is 0.667. The lowest BCUT2D eigenvalue weighted by atomic mass is 9.78. The molecule has 1 fully saturated rings. The highest BCUT2D eigenvalue weighted by Gasteiger charge is 2.28. The topological polar surface area (TPSA) is 29.3 Å². The Kier molecular flexibility index (Phi) is 5.62. The molecule has 0 heterocycles. The number of likely N-dealkylation sites (N-methyl/N-ethyl adjacent to an activating group) is 1. The van der Waals surface area contributed by atoms with Gasteiger partial charge in [0.25, 0.3) is 0 Å². The molecule has 1 aliphatic carbocycles. The fourth-order valence-electron chi connectivity index (χ4n) is 3.78. The highest BCUT2D eigenvalue weighted by Crippen LogP contribution is 2.32. The summed E-state index contributed by atoms with van der Waals surface area (Å²) in [5.74, 6) is 1.65. The molecule has 0 saturated heterocycles. The summed E-state index contributed by atoms with van der Waals surface area (Å²) in [5, 5.41) is 0. The van der Waals surface area contributed by atoms with Gasteiger partial charge in [-0.25, -0.2) is 0 Å². The number of hydrogen-bond acceptors (Lipinski definition) is 2. The minimum atomic E-state index is 0.526. The van der Waals surface area contributed by atoms with Gasteiger partial charge in [0.2, 0.25) is 0 Å². The second-order valence-electron chi connectivity index (χ2n) is 6.74. The molecule has 0 amide bonds. The van der Waals surface area contributed by atoms with E-state index in [1.165, 1.54) is 36.8 Å². The van der Waals surface area contributed by atoms with Gasteiger partial charge in [0.05, 0.1) is 0 Å². The monoisotopic (exact) mass is 274 g/mol. The van der Waals surface area contributed by atoms with Gasteiger partial charge in [0.15, 0.2) is 0 Å². The van der Waals surface area contributed by atoms with Crippen molar-refractivity contribution in [2.24, 2.45) is 17.6 Å². The summed E-state index contributed by atoms with van der Waals surface area (Å²) in [5.41, 5.74) is 8.83. The first-order valence-corrected chi connectivity index (χ1v) is 8.06. The third kappa shape index (κ3) is 4.07. The molecule has 1 aromatic carbocycles. The van der Waals surface area contributed by atoms with Crippen molar-refractivity contribution in [2.45, 2.75) is 52.1 Å². The zero-order valence-corrected chi connectivity index (χ0v) is 13.3. The van der Waals surface area contributed by atoms with Gasteiger partial charge in [-0.05, 0) is 44.2 Å². The third-order valence-electron chi connectivity index (χ3n) is 4.84. The molecule has 0 radical (unpaired) electrons. The first-order chi connectivity index (χ1) is 9.60. The van der Waals surface area contributed by atoms with Crippen LogP contribution in [0.3, 0.4) is 0 Å². The first kappa shape index (κ1) is 15.5. The van der Waals surface area contributed by atoms with Gasteiger partial charge in [-0.1, -0.05) is 49.6 Å². The maximum Gasteiger partial charge on any atom is 0.0247 e. The standard InChI is InChI=1S/C18H30N2/c1-14-6-4-8-16(10-14)13-20(3)18(12-19)17-9-5-7-15(2)11-17/h4,6,8,10,15,17-18H,5,7,9,11-13,19H2,1-3H3. The van der Waals surface area contributed by atoms with E-state index < -0.39 is 0 Å². The smallest absolute Gasteiger partial charge is 0.0247 e. The Hall–Kier alpha value is -0.860. The SMILES string of the molecule is Cc1cccc(CN(C)C(CN)C2CCCC(C)C2)c1. The molecule has 0 aromatic heterocycles. The summed E-state index contributed by atoms with van der Waals surface area (Å²) in [7, 11) is 2.24. The van der Waals surface area contributed by atoms with Crippen LogP contribution in [0.2, 0.25) is 0 Å². The number of nitrogens with two attached hydrogens (primary N) is 1. The number of rotatable bonds is 5. The Balaban J connectivity index is 1.99. The second-order valence-corrected chi connectivity index (χ2v) is 6.74. The zero-order chi connectivity index (χ0) is 14.5. The molecule has 0 spiro atoms. The Morgan fingerprint density at radius 1 is 1.35 bits per heavy atom. The normalized spacial score (nSPS) is 24.9. The molecule has 112 valence electrons. The molecule has 0 bridgehead atoms. The van der Waals surface area contributed by atoms with Gasteiger partial charge < -0.3 is 5.73 Å². The van der Waals surface area contributed by atoms with Crippen LogP contribution in [0.25, 0.3) is 0 Å². The van der Waals surface area contributed by atoms with Crippen LogP contribution in [0.1, 0.15) is 43.7 Å². The van der Waals surface area contributed by atoms with E-state index in [4.69, 9.17) is 5.73 Å². The lowest BCUT2D eigenvalue weighted by Gasteiger charge is -2.38. The maximum absolute atomic E-state index is 6.09. The van der Waals surface area contributed by atoms with Gasteiger partial charge >= 0.3 is 0 Å². The van der Waals surface area contributed by atoms with Crippen LogP contribution in [0.4, 0.5) is 0 Å². The van der Waals surface area contributed by atoms with Crippen LogP contribution in [-0.4, -0.2) is 24.5 Å². The van der Waals surface area contributed by atoms with Gasteiger partial charge in [-0.3, -0.25) is 4.90 Å². The van der Waals surface area contributed by atoms with Crippen molar-refractivity contribution in [2.75, 3.05) is 13.6 Å². The highest BCUT2D eigenvalue weighted by atomic mass is 15.1. The van der Waals surface area contributed by atoms with E-state index in [-0.39, 0.29) is 0 Å². The summed E-state index contributed by atoms with van der Waals surface area (Å²) in [6.45, 7) is 6.33. The van der Waals surface area contributed by atoms with E-state index in [1.807, 2.05) is 0 Å². The minimum absolute atomic E-state index is 0.526. The summed E-state index contributed by atoms with van der Waals surface area (Å²) in [4.78, 5) is 2.47. The molecule has 3 unspecified atom stereocenters. The predicted octanol–water partition coefficient (Wildman–Crippen LogP) is 3.58. The number of hydrogen-bond donors (Lipinski definition) is 1. The van der Waals surface area contributed by atoms with Gasteiger partial charge in [-0.2, -0.15) is 0 Å². The van der Waals surface area contributed by atoms with Crippen LogP contribution in [0.15, 0.2) is 24.3 Å². The van der Waals surface area contributed by atoms with Crippen molar-refractivity contribution >= 4 is 0 Å². The van der Waals surface area contributed by atoms with Crippen LogP contribution in [0, 0.1) is 18.8 Å². The van der Waals surface area contributed by atoms with Crippen molar-refractivity contribution in [1.29, 1.82) is 0 Å². The fourth-order valence-corrected chi connectivity index (χ4v) is 3.78. The van der Waals surface area contributed by atoms with Crippen molar-refractivity contribution < 1.29 is 0 Å². The summed E-state index contributed by atoms with van der Waals surface area (Å²) < 4.78 is 0. The largest absolute Gasteiger partial charge is 0.329 e. The number of benzene rings is 1. The quantitative estimate of drug-likeness (QED) is 0.889. The van der Waals surface area contributed by atoms with E-state index in [1.54, 1.807) is 0 Å². The lowest BCUT2D eigenvalue weighted by molar-refractivity contribution is 0.125. The third-order valence-corrected chi connectivity index (χ3v) is 4.84. The first-order valence-electron chi connectivity index (χ1n) is 8.06. The van der Waals surface area contributed by atoms with E-state index in [0.29, 0.717) is 6.04 Å². The van der Waals surface area contributed by atoms with Crippen molar-refractivity contribution in [3.8, 4) is 0 Å². The molecule has 2 nitrogen and oxygen atoms in total. The molecule has 1 aliphatic rings. The van der Waals surface area contributed by atoms with Crippen molar-refractivity contribution in [3.05, 3.63) is 35.4 Å². The van der Waals surface area contributed by atoms with Gasteiger partial charge in [-0.15, -0.1) is 0 Å². The second kappa shape index (κ2) is 7.24. The van der Waals surface area contributed by atoms with Crippen LogP contribution >= 0.6 is 0 Å². The van der Waals surface area contributed by atoms with Crippen LogP contribution in [-0.2, 0) is 6.54 Å². The number of aryl methyl sites for hydroxylation is 1. The lowest BCUT2D eigenvalue weighted by Crippen LogP contribution is -2.44. The highest BCUT2D eigenvalue weighted by molar-refractivity contribution is 5.22. The van der Waals surface area contributed by atoms with Crippen LogP contribution in [0.5, 0.6) is 0 Å². The Bertz CT molecular complexity index is 416. The Labute approximate surface area is 124 Å². The molecule has 2 N–H and O–H groups in total. The Morgan fingerprint density at radius 3 is 2.80 bits per heavy atom. The maximum atomic E-state index is 6.09. The van der Waals surface area contributed by atoms with Crippen molar-refractivity contribution in [3.63, 3.8) is 0 Å². The molecule has 2 rings (SSSR count). The molecular formula is C18H30N2. The number of nitrogens with zero attached hydrogens (tertiary/aromatic N) is 1. The van der Waals surface area contributed by atoms with Crippen molar-refractivity contribution in [1.82, 2.24) is 4.90 Å². The Morgan fingerprint density at radius 2 is 2.15 bits per heavy atom. The van der Waals surface area contributed by atoms with E-state index >= 15 is 0 Å².